The van der Waals surface area contributed by atoms with E-state index in [-0.39, 0.29) is 68.4 Å². The quantitative estimate of drug-likeness (QED) is 0.0524. The zero-order chi connectivity index (χ0) is 76.2. The molecule has 12 aromatic rings. The van der Waals surface area contributed by atoms with Crippen molar-refractivity contribution in [2.24, 2.45) is 5.73 Å². The lowest BCUT2D eigenvalue weighted by atomic mass is 10.1. The molecule has 27 heteroatoms. The first kappa shape index (κ1) is 72.8. The summed E-state index contributed by atoms with van der Waals surface area (Å²) in [5.41, 5.74) is 18.7. The third kappa shape index (κ3) is 15.2. The van der Waals surface area contributed by atoms with Gasteiger partial charge in [0.2, 0.25) is 34.1 Å². The van der Waals surface area contributed by atoms with Crippen LogP contribution in [-0.4, -0.2) is 150 Å². The third-order valence-corrected chi connectivity index (χ3v) is 18.9. The van der Waals surface area contributed by atoms with Crippen LogP contribution in [0.15, 0.2) is 179 Å². The van der Waals surface area contributed by atoms with E-state index in [1.165, 1.54) is 86.1 Å². The van der Waals surface area contributed by atoms with Crippen LogP contribution in [0, 0.1) is 0 Å². The van der Waals surface area contributed by atoms with Crippen molar-refractivity contribution in [1.29, 1.82) is 0 Å². The largest absolute Gasteiger partial charge is 0.365 e. The number of carbonyl (C=O) groups is 6. The molecule has 6 amide bonds. The Balaban J connectivity index is 0.000000143. The molecule has 0 radical (unpaired) electrons. The van der Waals surface area contributed by atoms with E-state index in [1.54, 1.807) is 130 Å². The lowest BCUT2D eigenvalue weighted by Crippen LogP contribution is -2.29. The van der Waals surface area contributed by atoms with Crippen LogP contribution >= 0.6 is 0 Å². The Hall–Kier alpha value is -13.6. The fraction of sp³-hybridized carbons (Fsp3) is 0.222. The molecule has 3 aliphatic carbocycles. The van der Waals surface area contributed by atoms with Gasteiger partial charge in [0.25, 0.3) is 35.4 Å². The molecule has 6 aromatic carbocycles. The third-order valence-electron chi connectivity index (χ3n) is 18.9. The van der Waals surface area contributed by atoms with E-state index >= 15 is 0 Å². The Morgan fingerprint density at radius 2 is 0.731 bits per heavy atom. The molecule has 0 atom stereocenters. The lowest BCUT2D eigenvalue weighted by molar-refractivity contribution is 0.0820. The standard InChI is InChI=1S/C28H28N6O3.C27H26N6O3.C26H24N6O3/c1-4-29-26(36)23-16-34(21-12-11-17-7-5-8-18(17)14-21)25-22(24(23)35)15-30-28(32-25)31-20-10-6-9-19(13-20)27(37)33(2)3;1-28-25(35)22-15-33(20-11-10-16-6-4-7-17(16)13-20)24-21(23(22)34)14-29-27(31-24)30-19-9-5-8-18(12-19)26(36)32(2)3;1-31(2)25(35)17-7-4-8-18(11-17)29-26-28-13-20-22(33)21(23(27)34)14-32(24(20)30-26)19-10-9-15-5-3-6-16(15)12-19/h6,9-16H,4-5,7-8H2,1-3H3,(H,29,36)(H,30,31,32);5,8-15H,4,6-7H2,1-3H3,(H,28,35)(H,29,30,31);4,7-14H,3,5-6H2,1-2H3,(H2,27,34)(H,28,29,30). The molecule has 6 aromatic heterocycles. The van der Waals surface area contributed by atoms with Crippen LogP contribution in [-0.2, 0) is 38.5 Å². The lowest BCUT2D eigenvalue weighted by Gasteiger charge is -2.15. The van der Waals surface area contributed by atoms with Gasteiger partial charge in [0, 0.05) is 144 Å². The number of aryl methyl sites for hydroxylation is 6. The van der Waals surface area contributed by atoms with Crippen molar-refractivity contribution in [1.82, 2.24) is 68.9 Å². The molecule has 0 fully saturated rings. The number of hydrogen-bond donors (Lipinski definition) is 6. The molecule has 27 nitrogen and oxygen atoms in total. The molecule has 0 saturated heterocycles. The number of nitrogens with one attached hydrogen (secondary N) is 5. The van der Waals surface area contributed by atoms with Gasteiger partial charge in [-0.2, -0.15) is 15.0 Å². The first-order chi connectivity index (χ1) is 52.0. The van der Waals surface area contributed by atoms with Crippen molar-refractivity contribution < 1.29 is 28.8 Å². The molecule has 15 rings (SSSR count). The number of nitrogens with zero attached hydrogens (tertiary/aromatic N) is 12. The molecule has 0 bridgehead atoms. The van der Waals surface area contributed by atoms with Crippen LogP contribution in [0.5, 0.6) is 0 Å². The highest BCUT2D eigenvalue weighted by atomic mass is 16.2. The second-order valence-electron chi connectivity index (χ2n) is 27.0. The molecule has 3 aliphatic rings. The first-order valence-electron chi connectivity index (χ1n) is 35.2. The molecule has 0 aliphatic heterocycles. The molecule has 0 unspecified atom stereocenters. The van der Waals surface area contributed by atoms with Crippen molar-refractivity contribution in [2.45, 2.75) is 64.7 Å². The average molecular weight is 1450 g/mol. The van der Waals surface area contributed by atoms with E-state index in [1.807, 2.05) is 30.3 Å². The highest BCUT2D eigenvalue weighted by Gasteiger charge is 2.25. The minimum absolute atomic E-state index is 0.0182. The average Bonchev–Trinajstić information content (AvgIpc) is 0.890. The predicted octanol–water partition coefficient (Wildman–Crippen LogP) is 9.35. The number of benzene rings is 6. The van der Waals surface area contributed by atoms with Crippen LogP contribution in [0.1, 0.15) is 122 Å². The molecule has 6 heterocycles. The Morgan fingerprint density at radius 3 is 1.05 bits per heavy atom. The summed E-state index contributed by atoms with van der Waals surface area (Å²) in [6, 6.07) is 39.5. The number of anilines is 6. The van der Waals surface area contributed by atoms with Gasteiger partial charge >= 0.3 is 0 Å². The topological polar surface area (TPSA) is 342 Å². The number of fused-ring (bicyclic) bond motifs is 6. The van der Waals surface area contributed by atoms with Crippen LogP contribution in [0.4, 0.5) is 34.9 Å². The van der Waals surface area contributed by atoms with Gasteiger partial charge in [0.1, 0.15) is 16.7 Å². The number of nitrogens with two attached hydrogens (primary N) is 1. The van der Waals surface area contributed by atoms with Crippen molar-refractivity contribution in [3.05, 3.63) is 262 Å². The Kier molecular flexibility index (Phi) is 20.9. The van der Waals surface area contributed by atoms with E-state index in [2.05, 4.69) is 92.9 Å². The predicted molar refractivity (Wildman–Crippen MR) is 415 cm³/mol. The van der Waals surface area contributed by atoms with Gasteiger partial charge < -0.3 is 60.7 Å². The van der Waals surface area contributed by atoms with Crippen molar-refractivity contribution in [3.63, 3.8) is 0 Å². The maximum absolute atomic E-state index is 13.3. The molecule has 7 N–H and O–H groups in total. The highest BCUT2D eigenvalue weighted by molar-refractivity contribution is 6.00. The number of carbonyl (C=O) groups excluding carboxylic acids is 6. The van der Waals surface area contributed by atoms with E-state index in [0.717, 1.165) is 74.8 Å². The van der Waals surface area contributed by atoms with Gasteiger partial charge in [0.05, 0.1) is 16.2 Å². The van der Waals surface area contributed by atoms with Gasteiger partial charge in [-0.15, -0.1) is 0 Å². The zero-order valence-electron chi connectivity index (χ0n) is 60.8. The Labute approximate surface area is 619 Å². The summed E-state index contributed by atoms with van der Waals surface area (Å²) in [5, 5.41) is 15.3. The summed E-state index contributed by atoms with van der Waals surface area (Å²) >= 11 is 0. The normalized spacial score (nSPS) is 12.3. The van der Waals surface area contributed by atoms with E-state index in [0.29, 0.717) is 57.2 Å². The summed E-state index contributed by atoms with van der Waals surface area (Å²) in [7, 11) is 11.6. The van der Waals surface area contributed by atoms with Crippen molar-refractivity contribution in [3.8, 4) is 17.1 Å². The van der Waals surface area contributed by atoms with E-state index in [9.17, 15) is 43.2 Å². The van der Waals surface area contributed by atoms with E-state index < -0.39 is 34.0 Å². The van der Waals surface area contributed by atoms with Crippen LogP contribution in [0.3, 0.4) is 0 Å². The SMILES string of the molecule is CCNC(=O)c1cn(-c2ccc3c(c2)CCC3)c2nc(Nc3cccc(C(=O)N(C)C)c3)ncc2c1=O.CN(C)C(=O)c1cccc(Nc2ncc3c(=O)c(C(N)=O)cn(-c4ccc5c(c4)CCC5)c3n2)c1.CNC(=O)c1cn(-c2ccc3c(c2)CCC3)c2nc(Nc3cccc(C(=O)N(C)C)c3)ncc2c1=O. The highest BCUT2D eigenvalue weighted by Crippen LogP contribution is 2.31. The van der Waals surface area contributed by atoms with Crippen LogP contribution in [0.2, 0.25) is 0 Å². The summed E-state index contributed by atoms with van der Waals surface area (Å²) in [6.45, 7) is 2.21. The van der Waals surface area contributed by atoms with Crippen LogP contribution < -0.4 is 48.6 Å². The van der Waals surface area contributed by atoms with Gasteiger partial charge in [-0.3, -0.25) is 43.2 Å². The number of aromatic nitrogens is 9. The summed E-state index contributed by atoms with van der Waals surface area (Å²) in [6.07, 6.45) is 18.2. The van der Waals surface area contributed by atoms with Crippen LogP contribution in [0.25, 0.3) is 50.2 Å². The monoisotopic (exact) mass is 1450 g/mol. The van der Waals surface area contributed by atoms with E-state index in [4.69, 9.17) is 5.73 Å². The minimum atomic E-state index is -0.809. The fourth-order valence-electron chi connectivity index (χ4n) is 13.5. The van der Waals surface area contributed by atoms with Crippen molar-refractivity contribution >= 4 is 103 Å². The summed E-state index contributed by atoms with van der Waals surface area (Å²) in [4.78, 5) is 145. The second-order valence-corrected chi connectivity index (χ2v) is 27.0. The molecule has 546 valence electrons. The molecular formula is C81H78N18O9. The number of pyridine rings is 3. The molecule has 108 heavy (non-hydrogen) atoms. The summed E-state index contributed by atoms with van der Waals surface area (Å²) < 4.78 is 5.24. The number of hydrogen-bond acceptors (Lipinski definition) is 18. The Morgan fingerprint density at radius 1 is 0.417 bits per heavy atom. The zero-order valence-corrected chi connectivity index (χ0v) is 60.8. The molecule has 0 saturated carbocycles. The number of primary amides is 1. The Bertz CT molecular complexity index is 5850. The number of rotatable bonds is 16. The fourth-order valence-corrected chi connectivity index (χ4v) is 13.5. The van der Waals surface area contributed by atoms with Gasteiger partial charge in [-0.05, 0) is 189 Å². The summed E-state index contributed by atoms with van der Waals surface area (Å²) in [5.74, 6) is -1.31. The smallest absolute Gasteiger partial charge is 0.256 e. The molecule has 0 spiro atoms. The van der Waals surface area contributed by atoms with Gasteiger partial charge in [-0.1, -0.05) is 36.4 Å². The van der Waals surface area contributed by atoms with Gasteiger partial charge in [0.15, 0.2) is 16.9 Å². The maximum atomic E-state index is 13.3. The minimum Gasteiger partial charge on any atom is -0.365 e. The van der Waals surface area contributed by atoms with Gasteiger partial charge in [-0.25, -0.2) is 15.0 Å². The number of amides is 6. The van der Waals surface area contributed by atoms with Crippen molar-refractivity contribution in [2.75, 3.05) is 71.8 Å². The second kappa shape index (κ2) is 31.0. The molecular weight excluding hydrogens is 1370 g/mol. The maximum Gasteiger partial charge on any atom is 0.256 e. The first-order valence-corrected chi connectivity index (χ1v) is 35.2.